The highest BCUT2D eigenvalue weighted by molar-refractivity contribution is 5.84. The van der Waals surface area contributed by atoms with Gasteiger partial charge in [0, 0.05) is 13.1 Å². The van der Waals surface area contributed by atoms with Crippen LogP contribution in [0.15, 0.2) is 0 Å². The summed E-state index contributed by atoms with van der Waals surface area (Å²) in [6.45, 7) is 1.02. The number of primary amides is 3. The average molecular weight is 468 g/mol. The molecule has 0 aromatic rings. The number of aliphatic hydroxyl groups excluding tert-OH is 7. The number of aliphatic hydroxyl groups is 7. The van der Waals surface area contributed by atoms with Gasteiger partial charge in [0.2, 0.25) is 17.7 Å². The SMILES string of the molecule is NC(=O)[C@@H](O)[C@@H](O)[C@H](O)[C@@H](O)C(N)=O.NC(=O)[C@@H](O)[C@H](O)[C@@H](O)C(=O)N1CCCCCC1. The van der Waals surface area contributed by atoms with Crippen LogP contribution < -0.4 is 17.2 Å². The zero-order valence-corrected chi connectivity index (χ0v) is 17.2. The Morgan fingerprint density at radius 2 is 0.844 bits per heavy atom. The Bertz CT molecular complexity index is 618. The monoisotopic (exact) mass is 468 g/mol. The Morgan fingerprint density at radius 1 is 0.531 bits per heavy atom. The molecule has 1 saturated heterocycles. The van der Waals surface area contributed by atoms with Crippen molar-refractivity contribution in [1.82, 2.24) is 4.90 Å². The van der Waals surface area contributed by atoms with Crippen LogP contribution in [0.1, 0.15) is 25.7 Å². The van der Waals surface area contributed by atoms with Crippen molar-refractivity contribution in [2.45, 2.75) is 68.4 Å². The van der Waals surface area contributed by atoms with Crippen LogP contribution in [-0.2, 0) is 19.2 Å². The number of hydrogen-bond donors (Lipinski definition) is 10. The van der Waals surface area contributed by atoms with Gasteiger partial charge in [-0.3, -0.25) is 19.2 Å². The molecule has 0 saturated carbocycles. The Hall–Kier alpha value is -2.40. The molecule has 13 N–H and O–H groups in total. The van der Waals surface area contributed by atoms with Gasteiger partial charge in [0.25, 0.3) is 5.91 Å². The largest absolute Gasteiger partial charge is 0.387 e. The summed E-state index contributed by atoms with van der Waals surface area (Å²) < 4.78 is 0. The van der Waals surface area contributed by atoms with E-state index in [1.165, 1.54) is 4.90 Å². The summed E-state index contributed by atoms with van der Waals surface area (Å²) >= 11 is 0. The highest BCUT2D eigenvalue weighted by Crippen LogP contribution is 2.12. The maximum Gasteiger partial charge on any atom is 0.254 e. The summed E-state index contributed by atoms with van der Waals surface area (Å²) in [5, 5.41) is 64.0. The lowest BCUT2D eigenvalue weighted by molar-refractivity contribution is -0.155. The van der Waals surface area contributed by atoms with Gasteiger partial charge in [-0.15, -0.1) is 0 Å². The summed E-state index contributed by atoms with van der Waals surface area (Å²) in [5.74, 6) is -4.45. The molecule has 7 atom stereocenters. The summed E-state index contributed by atoms with van der Waals surface area (Å²) in [6.07, 6.45) is -10.3. The number of rotatable bonds is 9. The number of amides is 4. The molecule has 1 rings (SSSR count). The van der Waals surface area contributed by atoms with Crippen molar-refractivity contribution in [1.29, 1.82) is 0 Å². The van der Waals surface area contributed by atoms with Crippen molar-refractivity contribution in [2.24, 2.45) is 17.2 Å². The molecule has 1 aliphatic rings. The molecular formula is C17H32N4O11. The van der Waals surface area contributed by atoms with E-state index in [1.807, 2.05) is 0 Å². The lowest BCUT2D eigenvalue weighted by atomic mass is 10.0. The van der Waals surface area contributed by atoms with E-state index in [4.69, 9.17) is 26.2 Å². The van der Waals surface area contributed by atoms with Crippen molar-refractivity contribution in [3.8, 4) is 0 Å². The highest BCUT2D eigenvalue weighted by Gasteiger charge is 2.36. The van der Waals surface area contributed by atoms with Crippen molar-refractivity contribution in [3.63, 3.8) is 0 Å². The summed E-state index contributed by atoms with van der Waals surface area (Å²) in [4.78, 5) is 44.7. The van der Waals surface area contributed by atoms with Gasteiger partial charge >= 0.3 is 0 Å². The standard InChI is InChI=1S/C11H20N2O5.C6H12N2O6/c12-10(17)8(15)7(14)9(16)11(18)13-5-3-1-2-4-6-13;7-5(13)3(11)1(9)2(10)4(12)6(8)14/h7-9,14-16H,1-6H2,(H2,12,17);1-4,9-12H,(H2,7,13)(H2,8,14)/t7-,8-,9+;1-,2-,3-,4+/m00/s1. The Labute approximate surface area is 183 Å². The molecule has 15 nitrogen and oxygen atoms in total. The molecule has 0 spiro atoms. The van der Waals surface area contributed by atoms with E-state index < -0.39 is 66.4 Å². The maximum absolute atomic E-state index is 11.9. The fourth-order valence-electron chi connectivity index (χ4n) is 2.68. The van der Waals surface area contributed by atoms with Crippen LogP contribution in [0.5, 0.6) is 0 Å². The molecule has 0 aliphatic carbocycles. The second-order valence-electron chi connectivity index (χ2n) is 7.20. The molecule has 0 radical (unpaired) electrons. The third-order valence-electron chi connectivity index (χ3n) is 4.69. The normalized spacial score (nSPS) is 20.8. The first-order valence-corrected chi connectivity index (χ1v) is 9.67. The fraction of sp³-hybridized carbons (Fsp3) is 0.765. The predicted octanol–water partition coefficient (Wildman–Crippen LogP) is -6.64. The van der Waals surface area contributed by atoms with Crippen LogP contribution in [0.25, 0.3) is 0 Å². The molecule has 0 unspecified atom stereocenters. The molecule has 4 amide bonds. The number of carbonyl (C=O) groups is 4. The van der Waals surface area contributed by atoms with Gasteiger partial charge < -0.3 is 57.8 Å². The molecule has 1 fully saturated rings. The van der Waals surface area contributed by atoms with E-state index in [9.17, 15) is 34.5 Å². The molecule has 1 heterocycles. The van der Waals surface area contributed by atoms with E-state index in [1.54, 1.807) is 0 Å². The lowest BCUT2D eigenvalue weighted by Gasteiger charge is -2.27. The summed E-state index contributed by atoms with van der Waals surface area (Å²) in [6, 6.07) is 0. The minimum atomic E-state index is -2.08. The molecule has 0 bridgehead atoms. The molecule has 32 heavy (non-hydrogen) atoms. The Kier molecular flexibility index (Phi) is 12.9. The average Bonchev–Trinajstić information content (AvgIpc) is 3.04. The van der Waals surface area contributed by atoms with Crippen LogP contribution in [0, 0.1) is 0 Å². The van der Waals surface area contributed by atoms with Gasteiger partial charge in [-0.05, 0) is 12.8 Å². The highest BCUT2D eigenvalue weighted by atomic mass is 16.4. The van der Waals surface area contributed by atoms with Gasteiger partial charge in [0.05, 0.1) is 0 Å². The lowest BCUT2D eigenvalue weighted by Crippen LogP contribution is -2.52. The van der Waals surface area contributed by atoms with Crippen molar-refractivity contribution < 1.29 is 54.9 Å². The third kappa shape index (κ3) is 8.99. The fourth-order valence-corrected chi connectivity index (χ4v) is 2.68. The van der Waals surface area contributed by atoms with Crippen molar-refractivity contribution in [3.05, 3.63) is 0 Å². The minimum Gasteiger partial charge on any atom is -0.387 e. The summed E-state index contributed by atoms with van der Waals surface area (Å²) in [5.41, 5.74) is 14.0. The van der Waals surface area contributed by atoms with Crippen LogP contribution in [0.2, 0.25) is 0 Å². The van der Waals surface area contributed by atoms with Crippen LogP contribution in [-0.4, -0.2) is 120 Å². The Morgan fingerprint density at radius 3 is 1.16 bits per heavy atom. The Balaban J connectivity index is 0.000000622. The van der Waals surface area contributed by atoms with Crippen molar-refractivity contribution >= 4 is 23.6 Å². The maximum atomic E-state index is 11.9. The first kappa shape index (κ1) is 29.6. The van der Waals surface area contributed by atoms with Crippen LogP contribution >= 0.6 is 0 Å². The predicted molar refractivity (Wildman–Crippen MR) is 105 cm³/mol. The molecule has 0 aromatic carbocycles. The van der Waals surface area contributed by atoms with Gasteiger partial charge in [0.15, 0.2) is 24.4 Å². The second kappa shape index (κ2) is 13.9. The smallest absolute Gasteiger partial charge is 0.254 e. The molecule has 15 heteroatoms. The number of nitrogens with two attached hydrogens (primary N) is 3. The van der Waals surface area contributed by atoms with E-state index in [0.717, 1.165) is 25.7 Å². The van der Waals surface area contributed by atoms with E-state index >= 15 is 0 Å². The topological polar surface area (TPSA) is 291 Å². The first-order chi connectivity index (χ1) is 14.7. The van der Waals surface area contributed by atoms with E-state index in [2.05, 4.69) is 11.5 Å². The van der Waals surface area contributed by atoms with Crippen LogP contribution in [0.3, 0.4) is 0 Å². The van der Waals surface area contributed by atoms with Gasteiger partial charge in [-0.25, -0.2) is 0 Å². The number of carbonyl (C=O) groups excluding carboxylic acids is 4. The summed E-state index contributed by atoms with van der Waals surface area (Å²) in [7, 11) is 0. The first-order valence-electron chi connectivity index (χ1n) is 9.67. The van der Waals surface area contributed by atoms with Gasteiger partial charge in [-0.2, -0.15) is 0 Å². The zero-order valence-electron chi connectivity index (χ0n) is 17.2. The number of hydrogen-bond acceptors (Lipinski definition) is 11. The van der Waals surface area contributed by atoms with Crippen molar-refractivity contribution in [2.75, 3.05) is 13.1 Å². The van der Waals surface area contributed by atoms with E-state index in [-0.39, 0.29) is 0 Å². The molecule has 1 aliphatic heterocycles. The third-order valence-corrected chi connectivity index (χ3v) is 4.69. The number of nitrogens with zero attached hydrogens (tertiary/aromatic N) is 1. The minimum absolute atomic E-state index is 0.509. The van der Waals surface area contributed by atoms with Gasteiger partial charge in [-0.1, -0.05) is 12.8 Å². The van der Waals surface area contributed by atoms with Crippen LogP contribution in [0.4, 0.5) is 0 Å². The second-order valence-corrected chi connectivity index (χ2v) is 7.20. The molecule has 186 valence electrons. The van der Waals surface area contributed by atoms with Gasteiger partial charge in [0.1, 0.15) is 18.3 Å². The molecule has 0 aromatic heterocycles. The van der Waals surface area contributed by atoms with E-state index in [0.29, 0.717) is 13.1 Å². The number of likely N-dealkylation sites (tertiary alicyclic amines) is 1. The quantitative estimate of drug-likeness (QED) is 0.152. The molecular weight excluding hydrogens is 436 g/mol. The zero-order chi connectivity index (χ0) is 25.2.